The number of rotatable bonds is 3. The van der Waals surface area contributed by atoms with Crippen molar-refractivity contribution < 1.29 is 0 Å². The summed E-state index contributed by atoms with van der Waals surface area (Å²) in [5.74, 6) is 0. The molecule has 3 nitrogen and oxygen atoms in total. The molecule has 0 saturated heterocycles. The van der Waals surface area contributed by atoms with Gasteiger partial charge in [0.15, 0.2) is 0 Å². The molecule has 2 rings (SSSR count). The average molecular weight is 264 g/mol. The summed E-state index contributed by atoms with van der Waals surface area (Å²) in [6.07, 6.45) is 0.759. The highest BCUT2D eigenvalue weighted by Crippen LogP contribution is 2.24. The first-order valence-corrected chi connectivity index (χ1v) is 6.43. The van der Waals surface area contributed by atoms with Crippen molar-refractivity contribution in [2.75, 3.05) is 6.54 Å². The van der Waals surface area contributed by atoms with E-state index in [9.17, 15) is 0 Å². The van der Waals surface area contributed by atoms with Gasteiger partial charge >= 0.3 is 0 Å². The van der Waals surface area contributed by atoms with Crippen molar-refractivity contribution in [2.45, 2.75) is 27.2 Å². The van der Waals surface area contributed by atoms with E-state index in [-0.39, 0.29) is 0 Å². The zero-order chi connectivity index (χ0) is 13.3. The van der Waals surface area contributed by atoms with Gasteiger partial charge < -0.3 is 5.73 Å². The third-order valence-corrected chi connectivity index (χ3v) is 3.36. The SMILES string of the molecule is Cc1cc(C)cc(-n2nc(C)c(CCN)c2Cl)c1. The second-order valence-corrected chi connectivity index (χ2v) is 5.01. The van der Waals surface area contributed by atoms with Crippen LogP contribution in [0.3, 0.4) is 0 Å². The summed E-state index contributed by atoms with van der Waals surface area (Å²) in [4.78, 5) is 0. The minimum Gasteiger partial charge on any atom is -0.330 e. The van der Waals surface area contributed by atoms with Gasteiger partial charge in [0, 0.05) is 5.56 Å². The molecule has 2 N–H and O–H groups in total. The van der Waals surface area contributed by atoms with Crippen LogP contribution in [-0.4, -0.2) is 16.3 Å². The second kappa shape index (κ2) is 5.12. The molecule has 0 fully saturated rings. The largest absolute Gasteiger partial charge is 0.330 e. The molecule has 1 aromatic carbocycles. The van der Waals surface area contributed by atoms with Crippen LogP contribution in [0, 0.1) is 20.8 Å². The normalized spacial score (nSPS) is 10.9. The third kappa shape index (κ3) is 2.42. The van der Waals surface area contributed by atoms with Gasteiger partial charge in [0.25, 0.3) is 0 Å². The van der Waals surface area contributed by atoms with Crippen molar-refractivity contribution in [1.82, 2.24) is 9.78 Å². The molecule has 1 aromatic heterocycles. The lowest BCUT2D eigenvalue weighted by Crippen LogP contribution is -2.03. The van der Waals surface area contributed by atoms with Crippen LogP contribution in [0.5, 0.6) is 0 Å². The molecule has 2 aromatic rings. The predicted octanol–water partition coefficient (Wildman–Crippen LogP) is 2.95. The van der Waals surface area contributed by atoms with E-state index in [0.717, 1.165) is 23.4 Å². The Morgan fingerprint density at radius 2 is 1.78 bits per heavy atom. The maximum Gasteiger partial charge on any atom is 0.136 e. The maximum absolute atomic E-state index is 6.39. The van der Waals surface area contributed by atoms with E-state index in [2.05, 4.69) is 37.1 Å². The lowest BCUT2D eigenvalue weighted by atomic mass is 10.1. The maximum atomic E-state index is 6.39. The van der Waals surface area contributed by atoms with E-state index < -0.39 is 0 Å². The zero-order valence-corrected chi connectivity index (χ0v) is 11.8. The molecular formula is C14H18ClN3. The van der Waals surface area contributed by atoms with Crippen molar-refractivity contribution in [1.29, 1.82) is 0 Å². The van der Waals surface area contributed by atoms with Crippen molar-refractivity contribution in [2.24, 2.45) is 5.73 Å². The molecule has 0 spiro atoms. The number of hydrogen-bond acceptors (Lipinski definition) is 2. The van der Waals surface area contributed by atoms with Gasteiger partial charge in [-0.15, -0.1) is 0 Å². The lowest BCUT2D eigenvalue weighted by molar-refractivity contribution is 0.861. The lowest BCUT2D eigenvalue weighted by Gasteiger charge is -2.06. The fourth-order valence-electron chi connectivity index (χ4n) is 2.20. The number of hydrogen-bond donors (Lipinski definition) is 1. The Labute approximate surface area is 113 Å². The molecule has 0 aliphatic heterocycles. The number of nitrogens with two attached hydrogens (primary N) is 1. The molecule has 0 atom stereocenters. The first kappa shape index (κ1) is 13.1. The molecule has 0 aliphatic rings. The molecule has 0 radical (unpaired) electrons. The van der Waals surface area contributed by atoms with Crippen LogP contribution in [0.4, 0.5) is 0 Å². The summed E-state index contributed by atoms with van der Waals surface area (Å²) in [6.45, 7) is 6.69. The Hall–Kier alpha value is -1.32. The van der Waals surface area contributed by atoms with Gasteiger partial charge in [0.1, 0.15) is 5.15 Å². The minimum absolute atomic E-state index is 0.582. The van der Waals surface area contributed by atoms with E-state index in [1.54, 1.807) is 4.68 Å². The molecule has 0 amide bonds. The van der Waals surface area contributed by atoms with Crippen molar-refractivity contribution in [3.05, 3.63) is 45.7 Å². The second-order valence-electron chi connectivity index (χ2n) is 4.65. The Balaban J connectivity index is 2.54. The summed E-state index contributed by atoms with van der Waals surface area (Å²) in [5.41, 5.74) is 11.0. The van der Waals surface area contributed by atoms with Gasteiger partial charge in [-0.1, -0.05) is 17.7 Å². The topological polar surface area (TPSA) is 43.8 Å². The molecule has 96 valence electrons. The summed E-state index contributed by atoms with van der Waals surface area (Å²) in [7, 11) is 0. The summed E-state index contributed by atoms with van der Waals surface area (Å²) >= 11 is 6.39. The van der Waals surface area contributed by atoms with Gasteiger partial charge in [-0.05, 0) is 57.0 Å². The highest BCUT2D eigenvalue weighted by Gasteiger charge is 2.14. The average Bonchev–Trinajstić information content (AvgIpc) is 2.56. The Kier molecular flexibility index (Phi) is 3.73. The quantitative estimate of drug-likeness (QED) is 0.925. The van der Waals surface area contributed by atoms with E-state index in [1.807, 2.05) is 6.92 Å². The molecule has 0 bridgehead atoms. The molecule has 0 unspecified atom stereocenters. The van der Waals surface area contributed by atoms with E-state index >= 15 is 0 Å². The number of aromatic nitrogens is 2. The summed E-state index contributed by atoms with van der Waals surface area (Å²) in [6, 6.07) is 6.30. The van der Waals surface area contributed by atoms with E-state index in [4.69, 9.17) is 17.3 Å². The van der Waals surface area contributed by atoms with Crippen LogP contribution >= 0.6 is 11.6 Å². The number of nitrogens with zero attached hydrogens (tertiary/aromatic N) is 2. The van der Waals surface area contributed by atoms with Gasteiger partial charge in [0.2, 0.25) is 0 Å². The number of halogens is 1. The number of benzene rings is 1. The molecular weight excluding hydrogens is 246 g/mol. The third-order valence-electron chi connectivity index (χ3n) is 2.97. The fourth-order valence-corrected chi connectivity index (χ4v) is 2.57. The number of aryl methyl sites for hydroxylation is 3. The highest BCUT2D eigenvalue weighted by molar-refractivity contribution is 6.30. The van der Waals surface area contributed by atoms with Crippen LogP contribution in [0.2, 0.25) is 5.15 Å². The standard InChI is InChI=1S/C14H18ClN3/c1-9-6-10(2)8-12(7-9)18-14(15)13(4-5-16)11(3)17-18/h6-8H,4-5,16H2,1-3H3. The zero-order valence-electron chi connectivity index (χ0n) is 11.0. The first-order chi connectivity index (χ1) is 8.52. The van der Waals surface area contributed by atoms with Gasteiger partial charge in [-0.25, -0.2) is 4.68 Å². The van der Waals surface area contributed by atoms with Gasteiger partial charge in [0.05, 0.1) is 11.4 Å². The monoisotopic (exact) mass is 263 g/mol. The van der Waals surface area contributed by atoms with Gasteiger partial charge in [-0.3, -0.25) is 0 Å². The van der Waals surface area contributed by atoms with Crippen LogP contribution in [0.25, 0.3) is 5.69 Å². The molecule has 1 heterocycles. The summed E-state index contributed by atoms with van der Waals surface area (Å²) < 4.78 is 1.79. The Morgan fingerprint density at radius 3 is 2.33 bits per heavy atom. The van der Waals surface area contributed by atoms with Crippen molar-refractivity contribution in [3.63, 3.8) is 0 Å². The van der Waals surface area contributed by atoms with E-state index in [1.165, 1.54) is 11.1 Å². The van der Waals surface area contributed by atoms with Crippen LogP contribution in [-0.2, 0) is 6.42 Å². The van der Waals surface area contributed by atoms with Crippen molar-refractivity contribution in [3.8, 4) is 5.69 Å². The fraction of sp³-hybridized carbons (Fsp3) is 0.357. The van der Waals surface area contributed by atoms with E-state index in [0.29, 0.717) is 11.7 Å². The van der Waals surface area contributed by atoms with Crippen LogP contribution < -0.4 is 5.73 Å². The first-order valence-electron chi connectivity index (χ1n) is 6.05. The minimum atomic E-state index is 0.582. The molecule has 0 saturated carbocycles. The summed E-state index contributed by atoms with van der Waals surface area (Å²) in [5, 5.41) is 5.18. The van der Waals surface area contributed by atoms with Gasteiger partial charge in [-0.2, -0.15) is 5.10 Å². The smallest absolute Gasteiger partial charge is 0.136 e. The van der Waals surface area contributed by atoms with Crippen LogP contribution in [0.15, 0.2) is 18.2 Å². The molecule has 4 heteroatoms. The Bertz CT molecular complexity index is 552. The van der Waals surface area contributed by atoms with Crippen LogP contribution in [0.1, 0.15) is 22.4 Å². The molecule has 0 aliphatic carbocycles. The molecule has 18 heavy (non-hydrogen) atoms. The predicted molar refractivity (Wildman–Crippen MR) is 75.5 cm³/mol. The van der Waals surface area contributed by atoms with Crippen molar-refractivity contribution >= 4 is 11.6 Å². The Morgan fingerprint density at radius 1 is 1.17 bits per heavy atom. The highest BCUT2D eigenvalue weighted by atomic mass is 35.5.